The van der Waals surface area contributed by atoms with Crippen LogP contribution < -0.4 is 4.90 Å². The van der Waals surface area contributed by atoms with Crippen molar-refractivity contribution in [3.63, 3.8) is 0 Å². The first-order valence-corrected chi connectivity index (χ1v) is 10.9. The van der Waals surface area contributed by atoms with Crippen molar-refractivity contribution in [2.75, 3.05) is 70.5 Å². The number of ether oxygens (including phenoxy) is 1. The maximum absolute atomic E-state index is 12.8. The maximum atomic E-state index is 12.8. The number of rotatable bonds is 7. The average molecular weight is 409 g/mol. The normalized spacial score (nSPS) is 20.0. The van der Waals surface area contributed by atoms with E-state index in [0.29, 0.717) is 59.0 Å². The molecule has 0 saturated carbocycles. The molecule has 9 heteroatoms. The van der Waals surface area contributed by atoms with Crippen molar-refractivity contribution in [1.29, 1.82) is 0 Å². The van der Waals surface area contributed by atoms with Gasteiger partial charge < -0.3 is 9.64 Å². The van der Waals surface area contributed by atoms with Gasteiger partial charge in [0.2, 0.25) is 5.91 Å². The summed E-state index contributed by atoms with van der Waals surface area (Å²) in [4.78, 5) is 16.5. The quantitative estimate of drug-likeness (QED) is 0.611. The van der Waals surface area contributed by atoms with Gasteiger partial charge in [-0.1, -0.05) is 24.3 Å². The van der Waals surface area contributed by atoms with Crippen molar-refractivity contribution in [3.8, 4) is 0 Å². The Morgan fingerprint density at radius 1 is 1.04 bits per heavy atom. The molecule has 0 aromatic heterocycles. The van der Waals surface area contributed by atoms with Crippen molar-refractivity contribution in [2.45, 2.75) is 0 Å². The van der Waals surface area contributed by atoms with Crippen molar-refractivity contribution < 1.29 is 17.9 Å². The molecule has 28 heavy (non-hydrogen) atoms. The molecule has 0 unspecified atom stereocenters. The molecule has 8 nitrogen and oxygen atoms in total. The summed E-state index contributed by atoms with van der Waals surface area (Å²) in [5, 5.41) is 0. The zero-order valence-electron chi connectivity index (χ0n) is 16.1. The Labute approximate surface area is 167 Å². The van der Waals surface area contributed by atoms with Gasteiger partial charge in [0.15, 0.2) is 0 Å². The Balaban J connectivity index is 1.56. The summed E-state index contributed by atoms with van der Waals surface area (Å²) in [6.45, 7) is 7.95. The second kappa shape index (κ2) is 9.62. The molecular formula is C19H28N4O4S. The lowest BCUT2D eigenvalue weighted by atomic mass is 10.2. The molecule has 2 saturated heterocycles. The summed E-state index contributed by atoms with van der Waals surface area (Å²) in [5.74, 6) is -0.0180. The highest BCUT2D eigenvalue weighted by Crippen LogP contribution is 2.16. The van der Waals surface area contributed by atoms with Crippen LogP contribution in [0.4, 0.5) is 5.69 Å². The van der Waals surface area contributed by atoms with Crippen LogP contribution >= 0.6 is 0 Å². The van der Waals surface area contributed by atoms with E-state index < -0.39 is 10.2 Å². The molecule has 0 atom stereocenters. The molecule has 2 aliphatic rings. The number of hydrogen-bond donors (Lipinski definition) is 0. The minimum absolute atomic E-state index is 0.0180. The van der Waals surface area contributed by atoms with Crippen LogP contribution in [0.5, 0.6) is 0 Å². The number of carbonyl (C=O) groups excluding carboxylic acids is 1. The van der Waals surface area contributed by atoms with Crippen LogP contribution in [0.25, 0.3) is 0 Å². The fraction of sp³-hybridized carbons (Fsp3) is 0.526. The topological polar surface area (TPSA) is 73.4 Å². The van der Waals surface area contributed by atoms with Gasteiger partial charge in [0.05, 0.1) is 19.8 Å². The second-order valence-corrected chi connectivity index (χ2v) is 8.75. The third-order valence-corrected chi connectivity index (χ3v) is 7.03. The van der Waals surface area contributed by atoms with Gasteiger partial charge in [0.1, 0.15) is 0 Å². The zero-order chi connectivity index (χ0) is 20.0. The SMILES string of the molecule is C=CCN(C(=O)CN1CCN(S(=O)(=O)N2CCOCC2)CC1)c1ccccc1. The summed E-state index contributed by atoms with van der Waals surface area (Å²) in [7, 11) is -3.45. The molecule has 3 rings (SSSR count). The van der Waals surface area contributed by atoms with Crippen LogP contribution in [-0.2, 0) is 19.7 Å². The Morgan fingerprint density at radius 3 is 2.25 bits per heavy atom. The second-order valence-electron chi connectivity index (χ2n) is 6.82. The van der Waals surface area contributed by atoms with Crippen LogP contribution in [0.2, 0.25) is 0 Å². The van der Waals surface area contributed by atoms with E-state index in [2.05, 4.69) is 6.58 Å². The Morgan fingerprint density at radius 2 is 1.64 bits per heavy atom. The molecule has 1 aromatic rings. The van der Waals surface area contributed by atoms with Gasteiger partial charge in [0, 0.05) is 51.5 Å². The van der Waals surface area contributed by atoms with E-state index >= 15 is 0 Å². The molecular weight excluding hydrogens is 380 g/mol. The minimum atomic E-state index is -3.45. The van der Waals surface area contributed by atoms with E-state index in [4.69, 9.17) is 4.74 Å². The monoisotopic (exact) mass is 408 g/mol. The predicted octanol–water partition coefficient (Wildman–Crippen LogP) is 0.400. The van der Waals surface area contributed by atoms with Crippen LogP contribution in [-0.4, -0.2) is 93.4 Å². The smallest absolute Gasteiger partial charge is 0.282 e. The first kappa shape index (κ1) is 20.9. The zero-order valence-corrected chi connectivity index (χ0v) is 16.9. The highest BCUT2D eigenvalue weighted by molar-refractivity contribution is 7.86. The van der Waals surface area contributed by atoms with Gasteiger partial charge in [-0.25, -0.2) is 0 Å². The standard InChI is InChI=1S/C19H28N4O4S/c1-2-8-23(18-6-4-3-5-7-18)19(24)17-20-9-11-21(12-10-20)28(25,26)22-13-15-27-16-14-22/h2-7H,1,8-17H2. The summed E-state index contributed by atoms with van der Waals surface area (Å²) in [5.41, 5.74) is 0.834. The average Bonchev–Trinajstić information content (AvgIpc) is 2.73. The number of hydrogen-bond acceptors (Lipinski definition) is 5. The van der Waals surface area contributed by atoms with E-state index in [1.54, 1.807) is 11.0 Å². The maximum Gasteiger partial charge on any atom is 0.282 e. The van der Waals surface area contributed by atoms with E-state index in [1.807, 2.05) is 35.2 Å². The Hall–Kier alpha value is -1.78. The van der Waals surface area contributed by atoms with Gasteiger partial charge in [-0.2, -0.15) is 17.0 Å². The van der Waals surface area contributed by atoms with E-state index in [1.165, 1.54) is 8.61 Å². The molecule has 1 aromatic carbocycles. The van der Waals surface area contributed by atoms with Crippen LogP contribution in [0, 0.1) is 0 Å². The molecule has 2 heterocycles. The fourth-order valence-electron chi connectivity index (χ4n) is 3.42. The number of nitrogens with zero attached hydrogens (tertiary/aromatic N) is 4. The Bertz CT molecular complexity index is 757. The van der Waals surface area contributed by atoms with Gasteiger partial charge >= 0.3 is 0 Å². The lowest BCUT2D eigenvalue weighted by molar-refractivity contribution is -0.119. The highest BCUT2D eigenvalue weighted by Gasteiger charge is 2.33. The molecule has 2 aliphatic heterocycles. The molecule has 0 bridgehead atoms. The summed E-state index contributed by atoms with van der Waals surface area (Å²) in [6, 6.07) is 9.50. The van der Waals surface area contributed by atoms with E-state index in [0.717, 1.165) is 5.69 Å². The largest absolute Gasteiger partial charge is 0.379 e. The summed E-state index contributed by atoms with van der Waals surface area (Å²) >= 11 is 0. The number of piperazine rings is 1. The van der Waals surface area contributed by atoms with E-state index in [9.17, 15) is 13.2 Å². The third kappa shape index (κ3) is 4.98. The molecule has 0 N–H and O–H groups in total. The van der Waals surface area contributed by atoms with Crippen LogP contribution in [0.15, 0.2) is 43.0 Å². The minimum Gasteiger partial charge on any atom is -0.379 e. The third-order valence-electron chi connectivity index (χ3n) is 4.99. The first-order valence-electron chi connectivity index (χ1n) is 9.54. The summed E-state index contributed by atoms with van der Waals surface area (Å²) < 4.78 is 33.7. The van der Waals surface area contributed by atoms with Gasteiger partial charge in [-0.3, -0.25) is 9.69 Å². The van der Waals surface area contributed by atoms with Crippen molar-refractivity contribution in [3.05, 3.63) is 43.0 Å². The van der Waals surface area contributed by atoms with Gasteiger partial charge in [-0.15, -0.1) is 6.58 Å². The fourth-order valence-corrected chi connectivity index (χ4v) is 4.99. The van der Waals surface area contributed by atoms with Gasteiger partial charge in [-0.05, 0) is 12.1 Å². The number of carbonyl (C=O) groups is 1. The van der Waals surface area contributed by atoms with E-state index in [-0.39, 0.29) is 12.5 Å². The molecule has 0 spiro atoms. The van der Waals surface area contributed by atoms with Crippen LogP contribution in [0.1, 0.15) is 0 Å². The highest BCUT2D eigenvalue weighted by atomic mass is 32.2. The number of para-hydroxylation sites is 1. The van der Waals surface area contributed by atoms with Crippen molar-refractivity contribution in [1.82, 2.24) is 13.5 Å². The lowest BCUT2D eigenvalue weighted by Crippen LogP contribution is -2.56. The number of amides is 1. The Kier molecular flexibility index (Phi) is 7.19. The lowest BCUT2D eigenvalue weighted by Gasteiger charge is -2.37. The van der Waals surface area contributed by atoms with Crippen molar-refractivity contribution in [2.24, 2.45) is 0 Å². The first-order chi connectivity index (χ1) is 13.5. The predicted molar refractivity (Wildman–Crippen MR) is 108 cm³/mol. The van der Waals surface area contributed by atoms with Crippen LogP contribution in [0.3, 0.4) is 0 Å². The number of benzene rings is 1. The summed E-state index contributed by atoms with van der Waals surface area (Å²) in [6.07, 6.45) is 1.71. The molecule has 1 amide bonds. The number of anilines is 1. The molecule has 0 radical (unpaired) electrons. The molecule has 2 fully saturated rings. The molecule has 154 valence electrons. The molecule has 0 aliphatic carbocycles. The number of morpholine rings is 1. The van der Waals surface area contributed by atoms with Crippen molar-refractivity contribution >= 4 is 21.8 Å². The van der Waals surface area contributed by atoms with Gasteiger partial charge in [0.25, 0.3) is 10.2 Å².